The first-order valence-electron chi connectivity index (χ1n) is 14.5. The molecule has 0 spiro atoms. The van der Waals surface area contributed by atoms with Crippen molar-refractivity contribution in [3.05, 3.63) is 83.7 Å². The van der Waals surface area contributed by atoms with Crippen LogP contribution < -0.4 is 4.74 Å². The molecule has 37 heavy (non-hydrogen) atoms. The minimum absolute atomic E-state index is 0.306. The molecule has 1 saturated carbocycles. The number of benzene rings is 2. The number of piperidine rings is 1. The maximum absolute atomic E-state index is 12.9. The molecule has 3 aromatic rings. The molecule has 0 radical (unpaired) electrons. The lowest BCUT2D eigenvalue weighted by Crippen LogP contribution is -2.35. The van der Waals surface area contributed by atoms with E-state index in [0.717, 1.165) is 35.9 Å². The van der Waals surface area contributed by atoms with E-state index in [2.05, 4.69) is 27.7 Å². The molecule has 4 nitrogen and oxygen atoms in total. The molecule has 0 unspecified atom stereocenters. The second-order valence-corrected chi connectivity index (χ2v) is 11.5. The lowest BCUT2D eigenvalue weighted by Gasteiger charge is -2.35. The van der Waals surface area contributed by atoms with Gasteiger partial charge in [-0.15, -0.1) is 0 Å². The summed E-state index contributed by atoms with van der Waals surface area (Å²) in [6.45, 7) is 4.54. The number of hydrogen-bond acceptors (Lipinski definition) is 3. The second kappa shape index (κ2) is 11.3. The normalized spacial score (nSPS) is 22.5. The molecule has 4 heteroatoms. The van der Waals surface area contributed by atoms with E-state index < -0.39 is 0 Å². The number of hydrogen-bond donors (Lipinski definition) is 0. The van der Waals surface area contributed by atoms with Crippen molar-refractivity contribution in [3.8, 4) is 11.4 Å². The summed E-state index contributed by atoms with van der Waals surface area (Å²) in [5.41, 5.74) is 4.99. The van der Waals surface area contributed by atoms with Gasteiger partial charge in [0.2, 0.25) is 0 Å². The molecule has 0 bridgehead atoms. The monoisotopic (exact) mass is 496 g/mol. The lowest BCUT2D eigenvalue weighted by molar-refractivity contribution is 0.0939. The van der Waals surface area contributed by atoms with Crippen LogP contribution in [-0.4, -0.2) is 41.5 Å². The van der Waals surface area contributed by atoms with Gasteiger partial charge in [0.1, 0.15) is 5.75 Å². The standard InChI is InChI=1S/C33H40N2O2/c36-32(28-10-12-29(13-11-28)35-18-1-2-19-35)24-26-8-6-25(7-9-26)14-20-34-21-15-27(16-22-34)30-4-3-5-33-31(30)17-23-37-33/h1-5,10-13,18-19,25-27H,6-9,14-17,20-24H2. The first-order chi connectivity index (χ1) is 18.2. The SMILES string of the molecule is O=C(CC1CCC(CCN2CCC(c3cccc4c3CCO4)CC2)CC1)c1ccc(-n2cccc2)cc1. The van der Waals surface area contributed by atoms with Crippen molar-refractivity contribution in [2.75, 3.05) is 26.2 Å². The van der Waals surface area contributed by atoms with Crippen LogP contribution >= 0.6 is 0 Å². The summed E-state index contributed by atoms with van der Waals surface area (Å²) in [5.74, 6) is 3.52. The van der Waals surface area contributed by atoms with E-state index in [0.29, 0.717) is 24.0 Å². The smallest absolute Gasteiger partial charge is 0.163 e. The Bertz CT molecular complexity index is 1170. The van der Waals surface area contributed by atoms with Gasteiger partial charge in [0, 0.05) is 42.0 Å². The highest BCUT2D eigenvalue weighted by Gasteiger charge is 2.27. The quantitative estimate of drug-likeness (QED) is 0.313. The maximum atomic E-state index is 12.9. The van der Waals surface area contributed by atoms with Crippen LogP contribution in [0, 0.1) is 11.8 Å². The van der Waals surface area contributed by atoms with Crippen LogP contribution in [-0.2, 0) is 6.42 Å². The predicted octanol–water partition coefficient (Wildman–Crippen LogP) is 7.06. The molecule has 0 atom stereocenters. The van der Waals surface area contributed by atoms with Crippen molar-refractivity contribution >= 4 is 5.78 Å². The Hall–Kier alpha value is -2.85. The van der Waals surface area contributed by atoms with Crippen molar-refractivity contribution < 1.29 is 9.53 Å². The summed E-state index contributed by atoms with van der Waals surface area (Å²) >= 11 is 0. The van der Waals surface area contributed by atoms with E-state index in [1.54, 1.807) is 5.56 Å². The maximum Gasteiger partial charge on any atom is 0.163 e. The molecule has 3 aliphatic rings. The molecule has 1 saturated heterocycles. The van der Waals surface area contributed by atoms with Crippen molar-refractivity contribution in [2.24, 2.45) is 11.8 Å². The molecule has 194 valence electrons. The fraction of sp³-hybridized carbons (Fsp3) is 0.485. The Labute approximate surface area is 221 Å². The summed E-state index contributed by atoms with van der Waals surface area (Å²) in [6, 6.07) is 18.8. The van der Waals surface area contributed by atoms with Gasteiger partial charge in [-0.25, -0.2) is 0 Å². The summed E-state index contributed by atoms with van der Waals surface area (Å²) in [6.07, 6.45) is 14.7. The van der Waals surface area contributed by atoms with E-state index in [1.807, 2.05) is 48.8 Å². The Morgan fingerprint density at radius 1 is 0.838 bits per heavy atom. The largest absolute Gasteiger partial charge is 0.493 e. The molecule has 6 rings (SSSR count). The number of ether oxygens (including phenoxy) is 1. The number of rotatable bonds is 8. The summed E-state index contributed by atoms with van der Waals surface area (Å²) < 4.78 is 7.87. The highest BCUT2D eigenvalue weighted by atomic mass is 16.5. The number of likely N-dealkylation sites (tertiary alicyclic amines) is 1. The summed E-state index contributed by atoms with van der Waals surface area (Å²) in [5, 5.41) is 0. The van der Waals surface area contributed by atoms with Gasteiger partial charge in [0.05, 0.1) is 6.61 Å². The minimum atomic E-state index is 0.306. The average molecular weight is 497 g/mol. The molecule has 2 aliphatic heterocycles. The average Bonchev–Trinajstić information content (AvgIpc) is 3.66. The highest BCUT2D eigenvalue weighted by Crippen LogP contribution is 2.38. The topological polar surface area (TPSA) is 34.5 Å². The zero-order valence-electron chi connectivity index (χ0n) is 22.0. The number of nitrogens with zero attached hydrogens (tertiary/aromatic N) is 2. The van der Waals surface area contributed by atoms with Gasteiger partial charge in [-0.3, -0.25) is 4.79 Å². The van der Waals surface area contributed by atoms with Crippen molar-refractivity contribution in [3.63, 3.8) is 0 Å². The molecule has 1 aromatic heterocycles. The van der Waals surface area contributed by atoms with Crippen LogP contribution in [0.2, 0.25) is 0 Å². The molecular weight excluding hydrogens is 456 g/mol. The fourth-order valence-electron chi connectivity index (χ4n) is 6.89. The number of fused-ring (bicyclic) bond motifs is 1. The highest BCUT2D eigenvalue weighted by molar-refractivity contribution is 5.96. The Kier molecular flexibility index (Phi) is 7.45. The van der Waals surface area contributed by atoms with E-state index >= 15 is 0 Å². The van der Waals surface area contributed by atoms with Gasteiger partial charge in [-0.1, -0.05) is 25.0 Å². The van der Waals surface area contributed by atoms with Gasteiger partial charge in [-0.2, -0.15) is 0 Å². The van der Waals surface area contributed by atoms with Crippen LogP contribution in [0.25, 0.3) is 5.69 Å². The third kappa shape index (κ3) is 5.70. The first kappa shape index (κ1) is 24.5. The van der Waals surface area contributed by atoms with Gasteiger partial charge >= 0.3 is 0 Å². The lowest BCUT2D eigenvalue weighted by atomic mass is 9.78. The third-order valence-electron chi connectivity index (χ3n) is 9.19. The van der Waals surface area contributed by atoms with E-state index in [1.165, 1.54) is 70.1 Å². The van der Waals surface area contributed by atoms with Crippen LogP contribution in [0.15, 0.2) is 67.0 Å². The third-order valence-corrected chi connectivity index (χ3v) is 9.19. The van der Waals surface area contributed by atoms with Crippen molar-refractivity contribution in [1.29, 1.82) is 0 Å². The van der Waals surface area contributed by atoms with Crippen LogP contribution in [0.1, 0.15) is 78.8 Å². The number of carbonyl (C=O) groups is 1. The minimum Gasteiger partial charge on any atom is -0.493 e. The molecule has 2 fully saturated rings. The molecular formula is C33H40N2O2. The number of carbonyl (C=O) groups excluding carboxylic acids is 1. The Balaban J connectivity index is 0.910. The molecule has 1 aliphatic carbocycles. The fourth-order valence-corrected chi connectivity index (χ4v) is 6.89. The Morgan fingerprint density at radius 2 is 1.57 bits per heavy atom. The van der Waals surface area contributed by atoms with Gasteiger partial charge in [0.15, 0.2) is 5.78 Å². The van der Waals surface area contributed by atoms with Gasteiger partial charge in [-0.05, 0) is 118 Å². The van der Waals surface area contributed by atoms with Crippen LogP contribution in [0.4, 0.5) is 0 Å². The van der Waals surface area contributed by atoms with Crippen molar-refractivity contribution in [1.82, 2.24) is 9.47 Å². The summed E-state index contributed by atoms with van der Waals surface area (Å²) in [4.78, 5) is 15.6. The molecule has 3 heterocycles. The zero-order valence-corrected chi connectivity index (χ0v) is 22.0. The zero-order chi connectivity index (χ0) is 25.0. The number of aromatic nitrogens is 1. The van der Waals surface area contributed by atoms with E-state index in [4.69, 9.17) is 4.74 Å². The van der Waals surface area contributed by atoms with Gasteiger partial charge in [0.25, 0.3) is 0 Å². The van der Waals surface area contributed by atoms with Gasteiger partial charge < -0.3 is 14.2 Å². The molecule has 2 aromatic carbocycles. The predicted molar refractivity (Wildman–Crippen MR) is 149 cm³/mol. The first-order valence-corrected chi connectivity index (χ1v) is 14.5. The van der Waals surface area contributed by atoms with Crippen LogP contribution in [0.5, 0.6) is 5.75 Å². The molecule has 0 amide bonds. The molecule has 0 N–H and O–H groups in total. The second-order valence-electron chi connectivity index (χ2n) is 11.5. The number of ketones is 1. The van der Waals surface area contributed by atoms with Crippen LogP contribution in [0.3, 0.4) is 0 Å². The number of Topliss-reactive ketones (excluding diaryl/α,β-unsaturated/α-hetero) is 1. The van der Waals surface area contributed by atoms with E-state index in [9.17, 15) is 4.79 Å². The van der Waals surface area contributed by atoms with E-state index in [-0.39, 0.29) is 0 Å². The Morgan fingerprint density at radius 3 is 2.32 bits per heavy atom. The van der Waals surface area contributed by atoms with Crippen molar-refractivity contribution in [2.45, 2.75) is 63.7 Å². The summed E-state index contributed by atoms with van der Waals surface area (Å²) in [7, 11) is 0.